The second kappa shape index (κ2) is 8.62. The first-order chi connectivity index (χ1) is 13.7. The molecule has 0 aliphatic rings. The topological polar surface area (TPSA) is 89.3 Å². The van der Waals surface area contributed by atoms with E-state index in [0.29, 0.717) is 20.6 Å². The van der Waals surface area contributed by atoms with E-state index in [1.807, 2.05) is 13.0 Å². The highest BCUT2D eigenvalue weighted by atomic mass is 35.5. The van der Waals surface area contributed by atoms with Crippen molar-refractivity contribution in [3.05, 3.63) is 86.4 Å². The molecule has 3 aromatic rings. The lowest BCUT2D eigenvalue weighted by Gasteiger charge is -2.10. The van der Waals surface area contributed by atoms with E-state index >= 15 is 0 Å². The van der Waals surface area contributed by atoms with E-state index in [-0.39, 0.29) is 15.5 Å². The van der Waals surface area contributed by atoms with Crippen LogP contribution in [0.1, 0.15) is 5.56 Å². The monoisotopic (exact) mass is 468 g/mol. The third-order valence-corrected chi connectivity index (χ3v) is 7.00. The van der Waals surface area contributed by atoms with Crippen LogP contribution >= 0.6 is 35.0 Å². The Morgan fingerprint density at radius 1 is 1.00 bits per heavy atom. The van der Waals surface area contributed by atoms with Gasteiger partial charge in [-0.25, -0.2) is 8.42 Å². The summed E-state index contributed by atoms with van der Waals surface area (Å²) >= 11 is 13.0. The first-order valence-electron chi connectivity index (χ1n) is 8.16. The van der Waals surface area contributed by atoms with Crippen molar-refractivity contribution in [2.75, 3.05) is 4.72 Å². The van der Waals surface area contributed by atoms with Gasteiger partial charge >= 0.3 is 0 Å². The zero-order valence-electron chi connectivity index (χ0n) is 14.9. The summed E-state index contributed by atoms with van der Waals surface area (Å²) in [6.45, 7) is 1.83. The Balaban J connectivity index is 1.94. The molecule has 0 aromatic heterocycles. The van der Waals surface area contributed by atoms with Crippen LogP contribution in [-0.4, -0.2) is 13.3 Å². The number of halogens is 2. The molecule has 29 heavy (non-hydrogen) atoms. The van der Waals surface area contributed by atoms with Gasteiger partial charge in [-0.1, -0.05) is 47.1 Å². The lowest BCUT2D eigenvalue weighted by molar-refractivity contribution is -0.388. The molecule has 150 valence electrons. The molecular weight excluding hydrogens is 455 g/mol. The van der Waals surface area contributed by atoms with Crippen LogP contribution in [0.4, 0.5) is 11.4 Å². The van der Waals surface area contributed by atoms with E-state index < -0.39 is 14.9 Å². The van der Waals surface area contributed by atoms with Gasteiger partial charge in [0.25, 0.3) is 15.7 Å². The third-order valence-electron chi connectivity index (χ3n) is 3.83. The van der Waals surface area contributed by atoms with Crippen LogP contribution in [0.15, 0.2) is 75.4 Å². The maximum absolute atomic E-state index is 12.7. The van der Waals surface area contributed by atoms with Crippen LogP contribution in [0.2, 0.25) is 10.0 Å². The predicted molar refractivity (Wildman–Crippen MR) is 116 cm³/mol. The maximum atomic E-state index is 12.7. The predicted octanol–water partition coefficient (Wildman–Crippen LogP) is 6.16. The fourth-order valence-corrected chi connectivity index (χ4v) is 4.86. The summed E-state index contributed by atoms with van der Waals surface area (Å²) in [5.74, 6) is 0. The van der Waals surface area contributed by atoms with Crippen LogP contribution in [0.25, 0.3) is 0 Å². The maximum Gasteiger partial charge on any atom is 0.284 e. The summed E-state index contributed by atoms with van der Waals surface area (Å²) in [7, 11) is -3.99. The van der Waals surface area contributed by atoms with Gasteiger partial charge < -0.3 is 0 Å². The molecular formula is C19H14Cl2N2O4S2. The van der Waals surface area contributed by atoms with Crippen molar-refractivity contribution in [1.29, 1.82) is 0 Å². The smallest absolute Gasteiger partial charge is 0.280 e. The van der Waals surface area contributed by atoms with E-state index in [1.165, 1.54) is 12.1 Å². The Labute approximate surface area is 182 Å². The number of anilines is 1. The quantitative estimate of drug-likeness (QED) is 0.345. The number of hydrogen-bond donors (Lipinski definition) is 1. The second-order valence-corrected chi connectivity index (χ2v) is 9.65. The molecule has 0 amide bonds. The van der Waals surface area contributed by atoms with E-state index in [9.17, 15) is 18.5 Å². The van der Waals surface area contributed by atoms with Gasteiger partial charge in [0.15, 0.2) is 0 Å². The number of nitro benzene ring substituents is 1. The first-order valence-corrected chi connectivity index (χ1v) is 11.2. The minimum absolute atomic E-state index is 0.204. The van der Waals surface area contributed by atoms with Crippen molar-refractivity contribution < 1.29 is 13.3 Å². The zero-order valence-corrected chi connectivity index (χ0v) is 18.1. The fraction of sp³-hybridized carbons (Fsp3) is 0.0526. The summed E-state index contributed by atoms with van der Waals surface area (Å²) in [5, 5.41) is 12.2. The van der Waals surface area contributed by atoms with E-state index in [4.69, 9.17) is 23.2 Å². The summed E-state index contributed by atoms with van der Waals surface area (Å²) in [5.41, 5.74) is 0.930. The summed E-state index contributed by atoms with van der Waals surface area (Å²) in [6.07, 6.45) is 0. The van der Waals surface area contributed by atoms with Gasteiger partial charge in [-0.3, -0.25) is 14.8 Å². The van der Waals surface area contributed by atoms with E-state index in [1.54, 1.807) is 36.4 Å². The van der Waals surface area contributed by atoms with Crippen molar-refractivity contribution in [3.8, 4) is 0 Å². The van der Waals surface area contributed by atoms with Crippen molar-refractivity contribution in [2.24, 2.45) is 0 Å². The van der Waals surface area contributed by atoms with Crippen molar-refractivity contribution >= 4 is 56.4 Å². The van der Waals surface area contributed by atoms with Crippen LogP contribution < -0.4 is 4.72 Å². The SMILES string of the molecule is Cc1cccc(NS(=O)(=O)c2ccc(Sc3ccc(Cl)c(Cl)c3)c([N+](=O)[O-])c2)c1. The molecule has 0 unspecified atom stereocenters. The number of benzene rings is 3. The van der Waals surface area contributed by atoms with Gasteiger partial charge in [-0.05, 0) is 55.0 Å². The Morgan fingerprint density at radius 3 is 2.41 bits per heavy atom. The third kappa shape index (κ3) is 5.22. The Morgan fingerprint density at radius 2 is 1.76 bits per heavy atom. The molecule has 0 radical (unpaired) electrons. The zero-order chi connectivity index (χ0) is 21.2. The number of rotatable bonds is 6. The molecule has 1 N–H and O–H groups in total. The molecule has 0 fully saturated rings. The van der Waals surface area contributed by atoms with Crippen molar-refractivity contribution in [2.45, 2.75) is 21.6 Å². The van der Waals surface area contributed by atoms with Gasteiger partial charge in [0, 0.05) is 16.6 Å². The van der Waals surface area contributed by atoms with Gasteiger partial charge in [0.2, 0.25) is 0 Å². The van der Waals surface area contributed by atoms with Gasteiger partial charge in [-0.2, -0.15) is 0 Å². The summed E-state index contributed by atoms with van der Waals surface area (Å²) in [6, 6.07) is 15.4. The average molecular weight is 469 g/mol. The Hall–Kier alpha value is -2.26. The minimum Gasteiger partial charge on any atom is -0.280 e. The van der Waals surface area contributed by atoms with Crippen LogP contribution in [0, 0.1) is 17.0 Å². The number of nitrogens with one attached hydrogen (secondary N) is 1. The standard InChI is InChI=1S/C19H14Cl2N2O4S2/c1-12-3-2-4-13(9-12)22-29(26,27)15-6-8-19(18(11-15)23(24)25)28-14-5-7-16(20)17(21)10-14/h2-11,22H,1H3. The Kier molecular flexibility index (Phi) is 6.38. The highest BCUT2D eigenvalue weighted by molar-refractivity contribution is 7.99. The van der Waals surface area contributed by atoms with Gasteiger partial charge in [-0.15, -0.1) is 0 Å². The van der Waals surface area contributed by atoms with Gasteiger partial charge in [0.1, 0.15) is 0 Å². The molecule has 0 bridgehead atoms. The molecule has 0 aliphatic heterocycles. The van der Waals surface area contributed by atoms with E-state index in [2.05, 4.69) is 4.72 Å². The molecule has 0 aliphatic carbocycles. The lowest BCUT2D eigenvalue weighted by atomic mass is 10.2. The molecule has 3 aromatic carbocycles. The van der Waals surface area contributed by atoms with Gasteiger partial charge in [0.05, 0.1) is 24.8 Å². The molecule has 0 saturated heterocycles. The number of nitro groups is 1. The number of nitrogens with zero attached hydrogens (tertiary/aromatic N) is 1. The van der Waals surface area contributed by atoms with Crippen molar-refractivity contribution in [1.82, 2.24) is 0 Å². The fourth-order valence-electron chi connectivity index (χ4n) is 2.48. The summed E-state index contributed by atoms with van der Waals surface area (Å²) < 4.78 is 27.8. The number of aryl methyl sites for hydroxylation is 1. The summed E-state index contributed by atoms with van der Waals surface area (Å²) in [4.78, 5) is 11.6. The number of sulfonamides is 1. The molecule has 0 spiro atoms. The lowest BCUT2D eigenvalue weighted by Crippen LogP contribution is -2.13. The van der Waals surface area contributed by atoms with Crippen LogP contribution in [-0.2, 0) is 10.0 Å². The average Bonchev–Trinajstić information content (AvgIpc) is 2.64. The molecule has 0 saturated carbocycles. The normalized spacial score (nSPS) is 11.3. The Bertz CT molecular complexity index is 1200. The highest BCUT2D eigenvalue weighted by Crippen LogP contribution is 2.38. The minimum atomic E-state index is -3.99. The molecule has 0 atom stereocenters. The van der Waals surface area contributed by atoms with Crippen molar-refractivity contribution in [3.63, 3.8) is 0 Å². The first kappa shape index (κ1) is 21.4. The largest absolute Gasteiger partial charge is 0.284 e. The molecule has 6 nitrogen and oxygen atoms in total. The van der Waals surface area contributed by atoms with Crippen LogP contribution in [0.5, 0.6) is 0 Å². The molecule has 10 heteroatoms. The van der Waals surface area contributed by atoms with Crippen LogP contribution in [0.3, 0.4) is 0 Å². The molecule has 0 heterocycles. The number of hydrogen-bond acceptors (Lipinski definition) is 5. The van der Waals surface area contributed by atoms with E-state index in [0.717, 1.165) is 23.4 Å². The molecule has 3 rings (SSSR count). The highest BCUT2D eigenvalue weighted by Gasteiger charge is 2.22. The second-order valence-electron chi connectivity index (χ2n) is 6.04.